The largest absolute Gasteiger partial charge is 0.479 e. The lowest BCUT2D eigenvalue weighted by Crippen LogP contribution is -2.26. The van der Waals surface area contributed by atoms with E-state index in [0.29, 0.717) is 11.3 Å². The minimum Gasteiger partial charge on any atom is -0.479 e. The molecule has 6 nitrogen and oxygen atoms in total. The van der Waals surface area contributed by atoms with Crippen molar-refractivity contribution in [2.75, 3.05) is 0 Å². The smallest absolute Gasteiger partial charge is 0.374 e. The van der Waals surface area contributed by atoms with Gasteiger partial charge < -0.3 is 15.3 Å². The molecule has 1 unspecified atom stereocenters. The van der Waals surface area contributed by atoms with Crippen molar-refractivity contribution in [3.63, 3.8) is 0 Å². The number of pyridine rings is 1. The van der Waals surface area contributed by atoms with E-state index in [9.17, 15) is 4.79 Å². The van der Waals surface area contributed by atoms with Crippen LogP contribution >= 0.6 is 0 Å². The Balaban J connectivity index is 1.94. The number of carbonyl (C=O) groups is 1. The third-order valence-corrected chi connectivity index (χ3v) is 3.56. The molecule has 2 aromatic rings. The topological polar surface area (TPSA) is 86.8 Å². The zero-order valence-corrected chi connectivity index (χ0v) is 14.9. The molecule has 0 saturated heterocycles. The molecule has 1 aromatic heterocycles. The van der Waals surface area contributed by atoms with Crippen molar-refractivity contribution >= 4 is 11.8 Å². The van der Waals surface area contributed by atoms with E-state index >= 15 is 0 Å². The van der Waals surface area contributed by atoms with Crippen molar-refractivity contribution in [3.8, 4) is 5.75 Å². The monoisotopic (exact) mass is 341 g/mol. The predicted molar refractivity (Wildman–Crippen MR) is 96.3 cm³/mol. The van der Waals surface area contributed by atoms with Gasteiger partial charge in [0.2, 0.25) is 0 Å². The lowest BCUT2D eigenvalue weighted by atomic mass is 9.87. The summed E-state index contributed by atoms with van der Waals surface area (Å²) in [6.07, 6.45) is 2.33. The highest BCUT2D eigenvalue weighted by Gasteiger charge is 2.18. The lowest BCUT2D eigenvalue weighted by molar-refractivity contribution is -0.151. The van der Waals surface area contributed by atoms with E-state index in [0.717, 1.165) is 0 Å². The standard InChI is InChI=1S/C19H23N3O3/c1-13(24-16-9-7-15(8-10-16)19(2,3)4)18(23)25-22-17(20)14-6-5-11-21-12-14/h5-13H,1-4H3,(H2,20,22). The number of nitrogens with two attached hydrogens (primary N) is 1. The van der Waals surface area contributed by atoms with Gasteiger partial charge >= 0.3 is 5.97 Å². The fourth-order valence-corrected chi connectivity index (χ4v) is 2.02. The summed E-state index contributed by atoms with van der Waals surface area (Å²) in [4.78, 5) is 20.7. The number of hydrogen-bond acceptors (Lipinski definition) is 5. The van der Waals surface area contributed by atoms with Gasteiger partial charge in [-0.05, 0) is 42.2 Å². The third kappa shape index (κ3) is 5.31. The maximum Gasteiger partial charge on any atom is 0.374 e. The number of amidine groups is 1. The second-order valence-electron chi connectivity index (χ2n) is 6.66. The van der Waals surface area contributed by atoms with Crippen LogP contribution in [0.2, 0.25) is 0 Å². The minimum absolute atomic E-state index is 0.0572. The number of oxime groups is 1. The Hall–Kier alpha value is -2.89. The number of aromatic nitrogens is 1. The molecule has 0 aliphatic heterocycles. The van der Waals surface area contributed by atoms with Crippen LogP contribution < -0.4 is 10.5 Å². The number of carbonyl (C=O) groups excluding carboxylic acids is 1. The van der Waals surface area contributed by atoms with E-state index in [1.165, 1.54) is 11.8 Å². The summed E-state index contributed by atoms with van der Waals surface area (Å²) < 4.78 is 5.58. The number of rotatable bonds is 5. The molecule has 0 radical (unpaired) electrons. The van der Waals surface area contributed by atoms with Gasteiger partial charge in [-0.1, -0.05) is 38.1 Å². The first-order valence-electron chi connectivity index (χ1n) is 7.99. The Morgan fingerprint density at radius 3 is 2.44 bits per heavy atom. The van der Waals surface area contributed by atoms with E-state index in [2.05, 4.69) is 30.9 Å². The summed E-state index contributed by atoms with van der Waals surface area (Å²) in [7, 11) is 0. The molecule has 6 heteroatoms. The zero-order chi connectivity index (χ0) is 18.4. The molecule has 0 bridgehead atoms. The second-order valence-corrected chi connectivity index (χ2v) is 6.66. The molecule has 132 valence electrons. The summed E-state index contributed by atoms with van der Waals surface area (Å²) in [6.45, 7) is 7.99. The van der Waals surface area contributed by atoms with Gasteiger partial charge in [-0.3, -0.25) is 4.98 Å². The van der Waals surface area contributed by atoms with Crippen LogP contribution in [0.15, 0.2) is 53.9 Å². The van der Waals surface area contributed by atoms with Crippen molar-refractivity contribution in [2.24, 2.45) is 10.9 Å². The molecule has 1 atom stereocenters. The van der Waals surface area contributed by atoms with Crippen LogP contribution in [0.25, 0.3) is 0 Å². The molecular weight excluding hydrogens is 318 g/mol. The first kappa shape index (κ1) is 18.4. The highest BCUT2D eigenvalue weighted by molar-refractivity contribution is 5.97. The van der Waals surface area contributed by atoms with Crippen molar-refractivity contribution in [1.82, 2.24) is 4.98 Å². The van der Waals surface area contributed by atoms with E-state index < -0.39 is 12.1 Å². The Bertz CT molecular complexity index is 735. The Labute approximate surface area is 147 Å². The average molecular weight is 341 g/mol. The molecule has 0 spiro atoms. The molecule has 0 fully saturated rings. The fourth-order valence-electron chi connectivity index (χ4n) is 2.02. The Morgan fingerprint density at radius 1 is 1.20 bits per heavy atom. The highest BCUT2D eigenvalue weighted by atomic mass is 16.7. The molecule has 0 saturated carbocycles. The number of ether oxygens (including phenoxy) is 1. The van der Waals surface area contributed by atoms with Crippen molar-refractivity contribution < 1.29 is 14.4 Å². The molecule has 0 aliphatic carbocycles. The molecule has 2 rings (SSSR count). The normalized spacial score (nSPS) is 13.2. The van der Waals surface area contributed by atoms with E-state index in [1.807, 2.05) is 24.3 Å². The van der Waals surface area contributed by atoms with Crippen molar-refractivity contribution in [3.05, 3.63) is 59.9 Å². The first-order valence-corrected chi connectivity index (χ1v) is 7.99. The summed E-state index contributed by atoms with van der Waals surface area (Å²) >= 11 is 0. The van der Waals surface area contributed by atoms with Gasteiger partial charge in [-0.15, -0.1) is 0 Å². The predicted octanol–water partition coefficient (Wildman–Crippen LogP) is 3.01. The Kier molecular flexibility index (Phi) is 5.75. The lowest BCUT2D eigenvalue weighted by Gasteiger charge is -2.19. The van der Waals surface area contributed by atoms with Crippen LogP contribution in [0.5, 0.6) is 5.75 Å². The number of benzene rings is 1. The SMILES string of the molecule is CC(Oc1ccc(C(C)(C)C)cc1)C(=O)O/N=C(\N)c1cccnc1. The van der Waals surface area contributed by atoms with Gasteiger partial charge in [0.15, 0.2) is 11.9 Å². The summed E-state index contributed by atoms with van der Waals surface area (Å²) in [5, 5.41) is 3.63. The Morgan fingerprint density at radius 2 is 1.88 bits per heavy atom. The van der Waals surface area contributed by atoms with Crippen LogP contribution in [-0.2, 0) is 15.0 Å². The third-order valence-electron chi connectivity index (χ3n) is 3.56. The van der Waals surface area contributed by atoms with Gasteiger partial charge in [-0.25, -0.2) is 4.79 Å². The molecule has 25 heavy (non-hydrogen) atoms. The van der Waals surface area contributed by atoms with Crippen molar-refractivity contribution in [2.45, 2.75) is 39.2 Å². The summed E-state index contributed by atoms with van der Waals surface area (Å²) in [5.41, 5.74) is 7.56. The van der Waals surface area contributed by atoms with Crippen LogP contribution in [0.4, 0.5) is 0 Å². The van der Waals surface area contributed by atoms with Gasteiger partial charge in [0, 0.05) is 18.0 Å². The van der Waals surface area contributed by atoms with Crippen LogP contribution in [0.1, 0.15) is 38.8 Å². The summed E-state index contributed by atoms with van der Waals surface area (Å²) in [6, 6.07) is 11.1. The maximum absolute atomic E-state index is 12.0. The minimum atomic E-state index is -0.814. The van der Waals surface area contributed by atoms with E-state index in [-0.39, 0.29) is 11.3 Å². The van der Waals surface area contributed by atoms with E-state index in [4.69, 9.17) is 15.3 Å². The van der Waals surface area contributed by atoms with Gasteiger partial charge in [0.25, 0.3) is 0 Å². The zero-order valence-electron chi connectivity index (χ0n) is 14.9. The average Bonchev–Trinajstić information content (AvgIpc) is 2.59. The number of hydrogen-bond donors (Lipinski definition) is 1. The summed E-state index contributed by atoms with van der Waals surface area (Å²) in [5.74, 6) is 0.0246. The molecular formula is C19H23N3O3. The molecule has 0 aliphatic rings. The quantitative estimate of drug-likeness (QED) is 0.391. The van der Waals surface area contributed by atoms with Gasteiger partial charge in [-0.2, -0.15) is 0 Å². The van der Waals surface area contributed by atoms with E-state index in [1.54, 1.807) is 25.3 Å². The van der Waals surface area contributed by atoms with Gasteiger partial charge in [0.1, 0.15) is 5.75 Å². The fraction of sp³-hybridized carbons (Fsp3) is 0.316. The maximum atomic E-state index is 12.0. The molecule has 0 amide bonds. The molecule has 1 aromatic carbocycles. The molecule has 1 heterocycles. The molecule has 2 N–H and O–H groups in total. The van der Waals surface area contributed by atoms with Crippen LogP contribution in [-0.4, -0.2) is 22.9 Å². The van der Waals surface area contributed by atoms with Crippen LogP contribution in [0.3, 0.4) is 0 Å². The second kappa shape index (κ2) is 7.79. The van der Waals surface area contributed by atoms with Crippen LogP contribution in [0, 0.1) is 0 Å². The first-order chi connectivity index (χ1) is 11.8. The van der Waals surface area contributed by atoms with Crippen molar-refractivity contribution in [1.29, 1.82) is 0 Å². The number of nitrogens with zero attached hydrogens (tertiary/aromatic N) is 2. The van der Waals surface area contributed by atoms with Gasteiger partial charge in [0.05, 0.1) is 0 Å². The highest BCUT2D eigenvalue weighted by Crippen LogP contribution is 2.24.